The van der Waals surface area contributed by atoms with Crippen molar-refractivity contribution in [2.45, 2.75) is 64.9 Å². The second kappa shape index (κ2) is 8.23. The van der Waals surface area contributed by atoms with Gasteiger partial charge in [0, 0.05) is 5.69 Å². The smallest absolute Gasteiger partial charge is 0.412 e. The molecule has 0 saturated heterocycles. The molecule has 1 aromatic carbocycles. The lowest BCUT2D eigenvalue weighted by Gasteiger charge is -2.21. The highest BCUT2D eigenvalue weighted by Crippen LogP contribution is 2.26. The molecule has 23 heavy (non-hydrogen) atoms. The molecule has 1 aliphatic rings. The van der Waals surface area contributed by atoms with Crippen LogP contribution in [0.2, 0.25) is 0 Å². The molecule has 1 amide bonds. The molecular formula is C19H29NO3. The van der Waals surface area contributed by atoms with Gasteiger partial charge >= 0.3 is 6.09 Å². The van der Waals surface area contributed by atoms with Crippen LogP contribution < -0.4 is 10.1 Å². The first-order valence-corrected chi connectivity index (χ1v) is 8.65. The minimum Gasteiger partial charge on any atom is -0.494 e. The lowest BCUT2D eigenvalue weighted by Crippen LogP contribution is -2.27. The maximum atomic E-state index is 11.7. The third kappa shape index (κ3) is 6.93. The molecule has 0 aromatic heterocycles. The maximum absolute atomic E-state index is 11.7. The number of benzene rings is 1. The number of nitrogens with one attached hydrogen (secondary N) is 1. The Morgan fingerprint density at radius 2 is 1.78 bits per heavy atom. The Morgan fingerprint density at radius 3 is 2.39 bits per heavy atom. The fraction of sp³-hybridized carbons (Fsp3) is 0.632. The molecule has 1 N–H and O–H groups in total. The van der Waals surface area contributed by atoms with Crippen molar-refractivity contribution in [2.24, 2.45) is 5.92 Å². The van der Waals surface area contributed by atoms with Gasteiger partial charge in [-0.15, -0.1) is 0 Å². The molecule has 0 aliphatic heterocycles. The first kappa shape index (κ1) is 17.6. The molecule has 0 atom stereocenters. The number of amides is 1. The van der Waals surface area contributed by atoms with Crippen molar-refractivity contribution in [3.8, 4) is 5.75 Å². The molecule has 0 unspecified atom stereocenters. The molecule has 128 valence electrons. The molecule has 2 rings (SSSR count). The second-order valence-corrected chi connectivity index (χ2v) is 7.29. The predicted molar refractivity (Wildman–Crippen MR) is 93.0 cm³/mol. The van der Waals surface area contributed by atoms with Crippen LogP contribution in [0.5, 0.6) is 5.75 Å². The Hall–Kier alpha value is -1.71. The van der Waals surface area contributed by atoms with Crippen LogP contribution in [0.15, 0.2) is 24.3 Å². The van der Waals surface area contributed by atoms with Gasteiger partial charge in [0.05, 0.1) is 6.61 Å². The number of carbonyl (C=O) groups is 1. The summed E-state index contributed by atoms with van der Waals surface area (Å²) in [5.41, 5.74) is 0.214. The zero-order valence-corrected chi connectivity index (χ0v) is 14.6. The number of anilines is 1. The fourth-order valence-corrected chi connectivity index (χ4v) is 2.88. The van der Waals surface area contributed by atoms with Crippen molar-refractivity contribution in [3.05, 3.63) is 24.3 Å². The molecule has 4 heteroatoms. The van der Waals surface area contributed by atoms with Crippen LogP contribution in [0.4, 0.5) is 10.5 Å². The molecular weight excluding hydrogens is 290 g/mol. The van der Waals surface area contributed by atoms with Gasteiger partial charge in [-0.2, -0.15) is 0 Å². The zero-order valence-electron chi connectivity index (χ0n) is 14.6. The highest BCUT2D eigenvalue weighted by atomic mass is 16.6. The van der Waals surface area contributed by atoms with E-state index in [1.807, 2.05) is 45.0 Å². The Morgan fingerprint density at radius 1 is 1.13 bits per heavy atom. The highest BCUT2D eigenvalue weighted by Gasteiger charge is 2.16. The van der Waals surface area contributed by atoms with Crippen LogP contribution in [0.25, 0.3) is 0 Å². The Bertz CT molecular complexity index is 484. The van der Waals surface area contributed by atoms with Crippen LogP contribution in [-0.2, 0) is 4.74 Å². The fourth-order valence-electron chi connectivity index (χ4n) is 2.88. The summed E-state index contributed by atoms with van der Waals surface area (Å²) in [4.78, 5) is 11.7. The summed E-state index contributed by atoms with van der Waals surface area (Å²) in [5, 5.41) is 2.72. The lowest BCUT2D eigenvalue weighted by molar-refractivity contribution is 0.0636. The monoisotopic (exact) mass is 319 g/mol. The molecule has 4 nitrogen and oxygen atoms in total. The minimum atomic E-state index is -0.494. The van der Waals surface area contributed by atoms with Gasteiger partial charge in [-0.3, -0.25) is 5.32 Å². The Kier molecular flexibility index (Phi) is 6.31. The lowest BCUT2D eigenvalue weighted by atomic mass is 9.87. The van der Waals surface area contributed by atoms with Crippen LogP contribution in [0.3, 0.4) is 0 Å². The van der Waals surface area contributed by atoms with Gasteiger partial charge in [-0.25, -0.2) is 4.79 Å². The number of rotatable bonds is 5. The molecule has 0 heterocycles. The summed E-state index contributed by atoms with van der Waals surface area (Å²) in [6, 6.07) is 7.43. The Labute approximate surface area is 139 Å². The van der Waals surface area contributed by atoms with E-state index in [0.29, 0.717) is 5.69 Å². The summed E-state index contributed by atoms with van der Waals surface area (Å²) in [6.45, 7) is 6.30. The van der Waals surface area contributed by atoms with E-state index < -0.39 is 11.7 Å². The number of carbonyl (C=O) groups excluding carboxylic acids is 1. The predicted octanol–water partition coefficient (Wildman–Crippen LogP) is 5.38. The van der Waals surface area contributed by atoms with E-state index in [0.717, 1.165) is 24.7 Å². The largest absolute Gasteiger partial charge is 0.494 e. The molecule has 1 aliphatic carbocycles. The summed E-state index contributed by atoms with van der Waals surface area (Å²) in [7, 11) is 0. The topological polar surface area (TPSA) is 47.6 Å². The van der Waals surface area contributed by atoms with E-state index in [1.54, 1.807) is 0 Å². The van der Waals surface area contributed by atoms with Crippen LogP contribution in [0, 0.1) is 5.92 Å². The van der Waals surface area contributed by atoms with E-state index in [1.165, 1.54) is 32.1 Å². The van der Waals surface area contributed by atoms with Gasteiger partial charge in [0.25, 0.3) is 0 Å². The van der Waals surface area contributed by atoms with Crippen molar-refractivity contribution >= 4 is 11.8 Å². The van der Waals surface area contributed by atoms with Crippen molar-refractivity contribution < 1.29 is 14.3 Å². The summed E-state index contributed by atoms with van der Waals surface area (Å²) < 4.78 is 11.0. The Balaban J connectivity index is 1.72. The van der Waals surface area contributed by atoms with Crippen molar-refractivity contribution in [2.75, 3.05) is 11.9 Å². The zero-order chi connectivity index (χ0) is 16.7. The first-order valence-electron chi connectivity index (χ1n) is 8.65. The van der Waals surface area contributed by atoms with Gasteiger partial charge in [0.15, 0.2) is 0 Å². The van der Waals surface area contributed by atoms with Crippen LogP contribution in [-0.4, -0.2) is 18.3 Å². The second-order valence-electron chi connectivity index (χ2n) is 7.29. The molecule has 0 radical (unpaired) electrons. The van der Waals surface area contributed by atoms with Gasteiger partial charge in [0.1, 0.15) is 11.4 Å². The van der Waals surface area contributed by atoms with E-state index in [9.17, 15) is 4.79 Å². The van der Waals surface area contributed by atoms with E-state index in [2.05, 4.69) is 5.32 Å². The highest BCUT2D eigenvalue weighted by molar-refractivity contribution is 5.84. The molecule has 1 saturated carbocycles. The SMILES string of the molecule is CC(C)(C)OC(=O)Nc1ccc(OCCC2CCCCC2)cc1. The quantitative estimate of drug-likeness (QED) is 0.792. The third-order valence-electron chi connectivity index (χ3n) is 4.02. The normalized spacial score (nSPS) is 16.0. The van der Waals surface area contributed by atoms with Crippen molar-refractivity contribution in [1.82, 2.24) is 0 Å². The summed E-state index contributed by atoms with van der Waals surface area (Å²) >= 11 is 0. The number of hydrogen-bond acceptors (Lipinski definition) is 3. The van der Waals surface area contributed by atoms with E-state index in [-0.39, 0.29) is 0 Å². The maximum Gasteiger partial charge on any atom is 0.412 e. The molecule has 0 bridgehead atoms. The van der Waals surface area contributed by atoms with Crippen molar-refractivity contribution in [3.63, 3.8) is 0 Å². The minimum absolute atomic E-state index is 0.441. The standard InChI is InChI=1S/C19H29NO3/c1-19(2,3)23-18(21)20-16-9-11-17(12-10-16)22-14-13-15-7-5-4-6-8-15/h9-12,15H,4-8,13-14H2,1-3H3,(H,20,21). The van der Waals surface area contributed by atoms with Gasteiger partial charge < -0.3 is 9.47 Å². The number of ether oxygens (including phenoxy) is 2. The summed E-state index contributed by atoms with van der Waals surface area (Å²) in [5.74, 6) is 1.67. The molecule has 0 spiro atoms. The third-order valence-corrected chi connectivity index (χ3v) is 4.02. The van der Waals surface area contributed by atoms with Crippen LogP contribution in [0.1, 0.15) is 59.3 Å². The number of hydrogen-bond donors (Lipinski definition) is 1. The average molecular weight is 319 g/mol. The van der Waals surface area contributed by atoms with Gasteiger partial charge in [0.2, 0.25) is 0 Å². The van der Waals surface area contributed by atoms with Crippen LogP contribution >= 0.6 is 0 Å². The van der Waals surface area contributed by atoms with E-state index in [4.69, 9.17) is 9.47 Å². The first-order chi connectivity index (χ1) is 10.9. The molecule has 1 fully saturated rings. The average Bonchev–Trinajstić information content (AvgIpc) is 2.48. The van der Waals surface area contributed by atoms with Gasteiger partial charge in [-0.1, -0.05) is 32.1 Å². The van der Waals surface area contributed by atoms with E-state index >= 15 is 0 Å². The van der Waals surface area contributed by atoms with Gasteiger partial charge in [-0.05, 0) is 57.4 Å². The molecule has 1 aromatic rings. The summed E-state index contributed by atoms with van der Waals surface area (Å²) in [6.07, 6.45) is 7.53. The van der Waals surface area contributed by atoms with Crippen molar-refractivity contribution in [1.29, 1.82) is 0 Å².